The largest absolute Gasteiger partial charge is 0.0599 e. The van der Waals surface area contributed by atoms with E-state index in [2.05, 4.69) is 20.8 Å². The Kier molecular flexibility index (Phi) is 9.59. The van der Waals surface area contributed by atoms with Crippen molar-refractivity contribution in [1.29, 1.82) is 0 Å². The minimum absolute atomic E-state index is 0.508. The van der Waals surface area contributed by atoms with E-state index >= 15 is 0 Å². The average molecular weight is 723 g/mol. The van der Waals surface area contributed by atoms with E-state index in [1.807, 2.05) is 0 Å². The molecule has 0 aromatic carbocycles. The first-order valence-corrected chi connectivity index (χ1v) is 25.9. The molecule has 15 atom stereocenters. The van der Waals surface area contributed by atoms with E-state index in [1.54, 1.807) is 186 Å². The lowest BCUT2D eigenvalue weighted by Gasteiger charge is -2.73. The maximum atomic E-state index is 2.61. The summed E-state index contributed by atoms with van der Waals surface area (Å²) in [6.45, 7) is 7.83. The maximum Gasteiger partial charge on any atom is -0.0168 e. The fourth-order valence-electron chi connectivity index (χ4n) is 21.2. The van der Waals surface area contributed by atoms with Gasteiger partial charge < -0.3 is 0 Å². The van der Waals surface area contributed by atoms with E-state index in [9.17, 15) is 0 Å². The molecule has 11 rings (SSSR count). The van der Waals surface area contributed by atoms with Gasteiger partial charge in [-0.2, -0.15) is 0 Å². The predicted molar refractivity (Wildman–Crippen MR) is 222 cm³/mol. The van der Waals surface area contributed by atoms with Gasteiger partial charge >= 0.3 is 0 Å². The third-order valence-corrected chi connectivity index (χ3v) is 22.6. The van der Waals surface area contributed by atoms with Crippen molar-refractivity contribution in [2.45, 2.75) is 207 Å². The van der Waals surface area contributed by atoms with Crippen LogP contribution in [0.15, 0.2) is 0 Å². The van der Waals surface area contributed by atoms with Gasteiger partial charge in [-0.25, -0.2) is 0 Å². The molecule has 0 aromatic rings. The lowest BCUT2D eigenvalue weighted by molar-refractivity contribution is -0.261. The van der Waals surface area contributed by atoms with E-state index in [-0.39, 0.29) is 0 Å². The summed E-state index contributed by atoms with van der Waals surface area (Å²) < 4.78 is 0. The first-order valence-electron chi connectivity index (χ1n) is 25.9. The molecule has 0 aromatic heterocycles. The minimum Gasteiger partial charge on any atom is -0.0599 e. The molecule has 11 saturated carbocycles. The number of hydrogen-bond acceptors (Lipinski definition) is 0. The number of hydrogen-bond donors (Lipinski definition) is 0. The quantitative estimate of drug-likeness (QED) is 0.272. The van der Waals surface area contributed by atoms with Crippen LogP contribution in [0.4, 0.5) is 0 Å². The molecule has 0 saturated heterocycles. The van der Waals surface area contributed by atoms with Gasteiger partial charge in [0.05, 0.1) is 0 Å². The first-order chi connectivity index (χ1) is 25.9. The summed E-state index contributed by atoms with van der Waals surface area (Å²) in [4.78, 5) is 0. The fourth-order valence-corrected chi connectivity index (χ4v) is 21.2. The van der Waals surface area contributed by atoms with Gasteiger partial charge in [0.15, 0.2) is 0 Å². The molecule has 0 aliphatic heterocycles. The van der Waals surface area contributed by atoms with Gasteiger partial charge in [-0.05, 0) is 187 Å². The standard InChI is InChI=1S/C53H86/c1-52(2,3)41-25-26-42-38(31-41)23-27-44-48(42)49-45(28-24-39-30-40-29-36-21-13-14-22-37(36)32-43(40)46(39)49)53(44)50(34-17-9-5-10-18-34)47(33-15-7-4-8-16-33)51(53)35-19-11-6-12-20-35/h33-51H,4-32H2,1-3H3. The monoisotopic (exact) mass is 723 g/mol. The van der Waals surface area contributed by atoms with Crippen LogP contribution >= 0.6 is 0 Å². The summed E-state index contributed by atoms with van der Waals surface area (Å²) in [6, 6.07) is 0. The second-order valence-electron chi connectivity index (χ2n) is 24.9. The Balaban J connectivity index is 1.04. The van der Waals surface area contributed by atoms with Gasteiger partial charge in [0.25, 0.3) is 0 Å². The van der Waals surface area contributed by atoms with Crippen LogP contribution in [0.3, 0.4) is 0 Å². The van der Waals surface area contributed by atoms with Crippen molar-refractivity contribution >= 4 is 0 Å². The van der Waals surface area contributed by atoms with Crippen molar-refractivity contribution in [3.8, 4) is 0 Å². The summed E-state index contributed by atoms with van der Waals surface area (Å²) in [7, 11) is 0. The molecule has 15 unspecified atom stereocenters. The summed E-state index contributed by atoms with van der Waals surface area (Å²) >= 11 is 0. The summed E-state index contributed by atoms with van der Waals surface area (Å²) in [5, 5.41) is 0. The molecule has 0 heterocycles. The third kappa shape index (κ3) is 5.63. The summed E-state index contributed by atoms with van der Waals surface area (Å²) in [6.07, 6.45) is 46.9. The van der Waals surface area contributed by atoms with Crippen LogP contribution in [0.2, 0.25) is 0 Å². The van der Waals surface area contributed by atoms with E-state index in [1.165, 1.54) is 0 Å². The first kappa shape index (κ1) is 36.1. The van der Waals surface area contributed by atoms with E-state index in [0.717, 1.165) is 118 Å². The second-order valence-corrected chi connectivity index (χ2v) is 24.9. The molecular formula is C53H86. The number of fused-ring (bicyclic) bond motifs is 12. The Morgan fingerprint density at radius 2 is 0.830 bits per heavy atom. The molecule has 298 valence electrons. The minimum atomic E-state index is 0.508. The molecule has 0 bridgehead atoms. The SMILES string of the molecule is CC(C)(C)C1CCC2C(CCC3C2C2C4C(CCC2C32C(C3CCCCC3)C(C3CCCCC3)C2C2CCCCC2)CC2CC3CCCCC3CC24)C1. The molecule has 11 fully saturated rings. The normalized spacial score (nSPS) is 53.5. The van der Waals surface area contributed by atoms with Gasteiger partial charge in [-0.1, -0.05) is 143 Å². The molecule has 0 nitrogen and oxygen atoms in total. The molecule has 11 aliphatic rings. The summed E-state index contributed by atoms with van der Waals surface area (Å²) in [5.41, 5.74) is 1.27. The van der Waals surface area contributed by atoms with Crippen LogP contribution in [0.25, 0.3) is 0 Å². The Morgan fingerprint density at radius 3 is 1.45 bits per heavy atom. The third-order valence-electron chi connectivity index (χ3n) is 22.6. The Labute approximate surface area is 329 Å². The Bertz CT molecular complexity index is 1240. The fraction of sp³-hybridized carbons (Fsp3) is 1.00. The van der Waals surface area contributed by atoms with Crippen molar-refractivity contribution in [1.82, 2.24) is 0 Å². The molecule has 53 heavy (non-hydrogen) atoms. The lowest BCUT2D eigenvalue weighted by Crippen LogP contribution is -2.69. The van der Waals surface area contributed by atoms with E-state index in [0.29, 0.717) is 5.41 Å². The Hall–Kier alpha value is 0. The van der Waals surface area contributed by atoms with Crippen LogP contribution in [0.5, 0.6) is 0 Å². The maximum absolute atomic E-state index is 2.61. The zero-order valence-corrected chi connectivity index (χ0v) is 35.5. The smallest absolute Gasteiger partial charge is 0.0168 e. The molecular weight excluding hydrogens is 637 g/mol. The van der Waals surface area contributed by atoms with Crippen molar-refractivity contribution < 1.29 is 0 Å². The number of rotatable bonds is 3. The highest BCUT2D eigenvalue weighted by molar-refractivity contribution is 5.26. The zero-order chi connectivity index (χ0) is 35.5. The molecule has 0 amide bonds. The van der Waals surface area contributed by atoms with Gasteiger partial charge in [-0.3, -0.25) is 0 Å². The lowest BCUT2D eigenvalue weighted by atomic mass is 9.31. The molecule has 0 N–H and O–H groups in total. The van der Waals surface area contributed by atoms with E-state index in [4.69, 9.17) is 0 Å². The Morgan fingerprint density at radius 1 is 0.321 bits per heavy atom. The van der Waals surface area contributed by atoms with Crippen molar-refractivity contribution in [3.05, 3.63) is 0 Å². The zero-order valence-electron chi connectivity index (χ0n) is 35.5. The van der Waals surface area contributed by atoms with Gasteiger partial charge in [-0.15, -0.1) is 0 Å². The van der Waals surface area contributed by atoms with Crippen molar-refractivity contribution in [2.75, 3.05) is 0 Å². The van der Waals surface area contributed by atoms with E-state index < -0.39 is 0 Å². The van der Waals surface area contributed by atoms with Crippen LogP contribution in [0, 0.1) is 123 Å². The van der Waals surface area contributed by atoms with Gasteiger partial charge in [0.1, 0.15) is 0 Å². The molecule has 0 radical (unpaired) electrons. The van der Waals surface area contributed by atoms with Crippen molar-refractivity contribution in [3.63, 3.8) is 0 Å². The van der Waals surface area contributed by atoms with Crippen LogP contribution in [-0.2, 0) is 0 Å². The van der Waals surface area contributed by atoms with Crippen molar-refractivity contribution in [2.24, 2.45) is 123 Å². The van der Waals surface area contributed by atoms with Crippen LogP contribution in [0.1, 0.15) is 207 Å². The molecule has 0 heteroatoms. The highest BCUT2D eigenvalue weighted by atomic mass is 14.8. The molecule has 11 aliphatic carbocycles. The summed E-state index contributed by atoms with van der Waals surface area (Å²) in [5.74, 6) is 21.3. The van der Waals surface area contributed by atoms with Gasteiger partial charge in [0.2, 0.25) is 0 Å². The molecule has 1 spiro atoms. The highest BCUT2D eigenvalue weighted by Gasteiger charge is 2.79. The highest BCUT2D eigenvalue weighted by Crippen LogP contribution is 2.84. The average Bonchev–Trinajstić information content (AvgIpc) is 3.70. The topological polar surface area (TPSA) is 0 Å². The van der Waals surface area contributed by atoms with Crippen LogP contribution < -0.4 is 0 Å². The second kappa shape index (κ2) is 14.1. The van der Waals surface area contributed by atoms with Gasteiger partial charge in [0, 0.05) is 0 Å². The van der Waals surface area contributed by atoms with Crippen LogP contribution in [-0.4, -0.2) is 0 Å². The predicted octanol–water partition coefficient (Wildman–Crippen LogP) is 15.2.